The van der Waals surface area contributed by atoms with Crippen molar-refractivity contribution < 1.29 is 28.6 Å². The average molecular weight is 627 g/mol. The van der Waals surface area contributed by atoms with E-state index in [4.69, 9.17) is 14.5 Å². The van der Waals surface area contributed by atoms with Gasteiger partial charge in [-0.15, -0.1) is 0 Å². The summed E-state index contributed by atoms with van der Waals surface area (Å²) in [6.45, 7) is 13.8. The van der Waals surface area contributed by atoms with E-state index >= 15 is 0 Å². The molecule has 1 unspecified atom stereocenters. The molecule has 12 heteroatoms. The molecule has 11 nitrogen and oxygen atoms in total. The lowest BCUT2D eigenvalue weighted by Gasteiger charge is -2.32. The summed E-state index contributed by atoms with van der Waals surface area (Å²) >= 11 is 0. The Morgan fingerprint density at radius 3 is 2.27 bits per heavy atom. The van der Waals surface area contributed by atoms with Crippen LogP contribution in [0, 0.1) is 12.7 Å². The first kappa shape index (κ1) is 34.0. The molecule has 1 aromatic carbocycles. The third-order valence-electron chi connectivity index (χ3n) is 7.42. The predicted octanol–water partition coefficient (Wildman–Crippen LogP) is 6.94. The highest BCUT2D eigenvalue weighted by molar-refractivity contribution is 5.96. The Kier molecular flexibility index (Phi) is 10.3. The van der Waals surface area contributed by atoms with Gasteiger partial charge in [-0.05, 0) is 104 Å². The van der Waals surface area contributed by atoms with Crippen molar-refractivity contribution in [1.29, 1.82) is 0 Å². The van der Waals surface area contributed by atoms with Gasteiger partial charge in [0.25, 0.3) is 0 Å². The molecule has 0 bridgehead atoms. The van der Waals surface area contributed by atoms with Crippen molar-refractivity contribution in [1.82, 2.24) is 19.5 Å². The molecule has 2 aliphatic rings. The van der Waals surface area contributed by atoms with Gasteiger partial charge >= 0.3 is 12.2 Å². The van der Waals surface area contributed by atoms with Crippen LogP contribution < -0.4 is 10.2 Å². The molecule has 1 aliphatic carbocycles. The summed E-state index contributed by atoms with van der Waals surface area (Å²) in [5.74, 6) is 0.999. The number of β-amino-alcohol motifs (C(OH)–C–C–N with tert-alkyl or cyclic N) is 1. The minimum Gasteiger partial charge on any atom is -0.444 e. The topological polar surface area (TPSA) is 122 Å². The first-order valence-corrected chi connectivity index (χ1v) is 15.6. The number of nitrogens with one attached hydrogen (secondary N) is 1. The smallest absolute Gasteiger partial charge is 0.420 e. The van der Waals surface area contributed by atoms with Gasteiger partial charge in [-0.2, -0.15) is 9.61 Å². The van der Waals surface area contributed by atoms with Crippen molar-refractivity contribution in [3.63, 3.8) is 0 Å². The molecule has 5 rings (SSSR count). The maximum atomic E-state index is 14.3. The van der Waals surface area contributed by atoms with Crippen molar-refractivity contribution in [3.8, 4) is 0 Å². The number of anilines is 3. The number of piperidine rings is 1. The van der Waals surface area contributed by atoms with Crippen molar-refractivity contribution in [2.45, 2.75) is 104 Å². The molecule has 0 radical (unpaired) electrons. The fourth-order valence-corrected chi connectivity index (χ4v) is 5.19. The van der Waals surface area contributed by atoms with E-state index in [-0.39, 0.29) is 6.09 Å². The molecule has 0 spiro atoms. The van der Waals surface area contributed by atoms with E-state index in [1.165, 1.54) is 23.5 Å². The van der Waals surface area contributed by atoms with Gasteiger partial charge in [0.1, 0.15) is 28.7 Å². The number of nitrogens with zero attached hydrogens (tertiary/aromatic N) is 5. The number of aliphatic hydroxyl groups excluding tert-OH is 1. The Morgan fingerprint density at radius 1 is 1.02 bits per heavy atom. The number of ether oxygens (including phenoxy) is 2. The predicted molar refractivity (Wildman–Crippen MR) is 172 cm³/mol. The molecule has 45 heavy (non-hydrogen) atoms. The molecule has 246 valence electrons. The number of halogens is 1. The number of aliphatic hydroxyl groups is 1. The molecule has 1 aliphatic heterocycles. The molecular weight excluding hydrogens is 579 g/mol. The fourth-order valence-electron chi connectivity index (χ4n) is 5.19. The van der Waals surface area contributed by atoms with E-state index in [1.54, 1.807) is 56.3 Å². The second-order valence-corrected chi connectivity index (χ2v) is 13.7. The number of carbonyl (C=O) groups is 2. The second-order valence-electron chi connectivity index (χ2n) is 13.7. The van der Waals surface area contributed by atoms with Crippen LogP contribution in [0.4, 0.5) is 31.3 Å². The van der Waals surface area contributed by atoms with Crippen LogP contribution in [0.3, 0.4) is 0 Å². The number of aryl methyl sites for hydroxylation is 1. The van der Waals surface area contributed by atoms with E-state index < -0.39 is 29.2 Å². The maximum absolute atomic E-state index is 14.3. The summed E-state index contributed by atoms with van der Waals surface area (Å²) in [4.78, 5) is 32.5. The van der Waals surface area contributed by atoms with Crippen LogP contribution in [0.15, 0.2) is 30.5 Å². The SMILES string of the molecule is CC(C)(C)OC(=O)N1CCCC(O)C1.CNc1cc(N(C(=O)OC(C)(C)C)c2cc(C)cc(F)c2)n2ncc(C3CCC3)c2n1. The zero-order valence-corrected chi connectivity index (χ0v) is 27.7. The molecule has 2 fully saturated rings. The summed E-state index contributed by atoms with van der Waals surface area (Å²) < 4.78 is 26.8. The number of benzene rings is 1. The number of carbonyl (C=O) groups excluding carboxylic acids is 2. The molecule has 1 saturated carbocycles. The Labute approximate surface area is 264 Å². The molecule has 2 amide bonds. The van der Waals surface area contributed by atoms with Crippen molar-refractivity contribution in [2.75, 3.05) is 30.4 Å². The number of fused-ring (bicyclic) bond motifs is 1. The summed E-state index contributed by atoms with van der Waals surface area (Å²) in [5.41, 5.74) is 1.62. The van der Waals surface area contributed by atoms with Gasteiger partial charge in [-0.3, -0.25) is 0 Å². The lowest BCUT2D eigenvalue weighted by Crippen LogP contribution is -2.44. The van der Waals surface area contributed by atoms with Crippen molar-refractivity contribution in [2.24, 2.45) is 0 Å². The fraction of sp³-hybridized carbons (Fsp3) is 0.576. The molecule has 3 aromatic rings. The van der Waals surface area contributed by atoms with Gasteiger partial charge in [0.05, 0.1) is 18.0 Å². The second kappa shape index (κ2) is 13.6. The Balaban J connectivity index is 0.000000276. The van der Waals surface area contributed by atoms with Crippen molar-refractivity contribution in [3.05, 3.63) is 47.4 Å². The Hall–Kier alpha value is -3.93. The van der Waals surface area contributed by atoms with E-state index in [2.05, 4.69) is 10.4 Å². The lowest BCUT2D eigenvalue weighted by molar-refractivity contribution is 0.00390. The summed E-state index contributed by atoms with van der Waals surface area (Å²) in [6.07, 6.45) is 5.49. The van der Waals surface area contributed by atoms with E-state index in [9.17, 15) is 19.1 Å². The quantitative estimate of drug-likeness (QED) is 0.320. The Morgan fingerprint density at radius 2 is 1.71 bits per heavy atom. The minimum atomic E-state index is -0.725. The van der Waals surface area contributed by atoms with Crippen LogP contribution >= 0.6 is 0 Å². The number of hydrogen-bond acceptors (Lipinski definition) is 8. The van der Waals surface area contributed by atoms with Crippen LogP contribution in [0.2, 0.25) is 0 Å². The van der Waals surface area contributed by atoms with E-state index in [0.717, 1.165) is 31.2 Å². The highest BCUT2D eigenvalue weighted by atomic mass is 19.1. The van der Waals surface area contributed by atoms with Gasteiger partial charge in [-0.1, -0.05) is 6.42 Å². The normalized spacial score (nSPS) is 17.2. The summed E-state index contributed by atoms with van der Waals surface area (Å²) in [6, 6.07) is 6.20. The van der Waals surface area contributed by atoms with Gasteiger partial charge in [0.15, 0.2) is 5.65 Å². The molecule has 3 heterocycles. The number of rotatable bonds is 4. The minimum absolute atomic E-state index is 0.323. The van der Waals surface area contributed by atoms with Crippen LogP contribution in [0.25, 0.3) is 5.65 Å². The third kappa shape index (κ3) is 8.84. The lowest BCUT2D eigenvalue weighted by atomic mass is 9.81. The largest absolute Gasteiger partial charge is 0.444 e. The van der Waals surface area contributed by atoms with Crippen LogP contribution in [0.5, 0.6) is 0 Å². The number of aromatic nitrogens is 3. The molecular formula is C33H47FN6O5. The monoisotopic (exact) mass is 626 g/mol. The van der Waals surface area contributed by atoms with E-state index in [1.807, 2.05) is 27.0 Å². The highest BCUT2D eigenvalue weighted by Gasteiger charge is 2.31. The van der Waals surface area contributed by atoms with Gasteiger partial charge < -0.3 is 24.8 Å². The van der Waals surface area contributed by atoms with Crippen LogP contribution in [-0.4, -0.2) is 74.2 Å². The number of likely N-dealkylation sites (tertiary alicyclic amines) is 1. The van der Waals surface area contributed by atoms with Gasteiger partial charge in [-0.25, -0.2) is 23.9 Å². The standard InChI is InChI=1S/C23H28FN5O2.C10H19NO3/c1-14-9-16(24)11-17(10-14)28(22(30)31-23(2,3)4)20-12-19(25-5)27-21-18(13-26-29(20)21)15-7-6-8-15;1-10(2,3)14-9(13)11-6-4-5-8(12)7-11/h9-13,15H,6-8H2,1-5H3,(H,25,27);8,12H,4-7H2,1-3H3. The molecule has 2 N–H and O–H groups in total. The zero-order chi connectivity index (χ0) is 33.1. The molecule has 1 atom stereocenters. The first-order valence-electron chi connectivity index (χ1n) is 15.6. The zero-order valence-electron chi connectivity index (χ0n) is 27.7. The third-order valence-corrected chi connectivity index (χ3v) is 7.42. The summed E-state index contributed by atoms with van der Waals surface area (Å²) in [7, 11) is 1.77. The Bertz CT molecular complexity index is 1490. The van der Waals surface area contributed by atoms with Crippen LogP contribution in [-0.2, 0) is 9.47 Å². The van der Waals surface area contributed by atoms with Crippen LogP contribution in [0.1, 0.15) is 90.7 Å². The molecule has 1 saturated heterocycles. The highest BCUT2D eigenvalue weighted by Crippen LogP contribution is 2.39. The summed E-state index contributed by atoms with van der Waals surface area (Å²) in [5, 5.41) is 17.0. The molecule has 2 aromatic heterocycles. The average Bonchev–Trinajstić information content (AvgIpc) is 3.29. The van der Waals surface area contributed by atoms with E-state index in [0.29, 0.717) is 47.5 Å². The number of hydrogen-bond donors (Lipinski definition) is 2. The van der Waals surface area contributed by atoms with Gasteiger partial charge in [0, 0.05) is 31.8 Å². The maximum Gasteiger partial charge on any atom is 0.420 e. The number of amides is 2. The first-order chi connectivity index (χ1) is 21.0. The van der Waals surface area contributed by atoms with Gasteiger partial charge in [0.2, 0.25) is 0 Å². The van der Waals surface area contributed by atoms with Crippen molar-refractivity contribution >= 4 is 35.2 Å².